The average molecular weight is 280 g/mol. The summed E-state index contributed by atoms with van der Waals surface area (Å²) in [5.74, 6) is -1.03. The van der Waals surface area contributed by atoms with Crippen molar-refractivity contribution < 1.29 is 9.90 Å². The SMILES string of the molecule is Cc1ccc(N(C)c2ccc(C(=O)O)cc2C#N)c(C)c1. The minimum atomic E-state index is -1.03. The highest BCUT2D eigenvalue weighted by Crippen LogP contribution is 2.30. The van der Waals surface area contributed by atoms with Gasteiger partial charge in [-0.25, -0.2) is 4.79 Å². The summed E-state index contributed by atoms with van der Waals surface area (Å²) in [7, 11) is 1.87. The highest BCUT2D eigenvalue weighted by atomic mass is 16.4. The van der Waals surface area contributed by atoms with E-state index in [1.165, 1.54) is 17.7 Å². The van der Waals surface area contributed by atoms with Crippen molar-refractivity contribution in [2.24, 2.45) is 0 Å². The van der Waals surface area contributed by atoms with Crippen LogP contribution in [0.4, 0.5) is 11.4 Å². The summed E-state index contributed by atoms with van der Waals surface area (Å²) in [6.07, 6.45) is 0. The largest absolute Gasteiger partial charge is 0.478 e. The number of hydrogen-bond acceptors (Lipinski definition) is 3. The fraction of sp³-hybridized carbons (Fsp3) is 0.176. The van der Waals surface area contributed by atoms with Crippen LogP contribution < -0.4 is 4.90 Å². The zero-order valence-corrected chi connectivity index (χ0v) is 12.2. The normalized spacial score (nSPS) is 10.0. The van der Waals surface area contributed by atoms with Crippen LogP contribution in [-0.2, 0) is 0 Å². The van der Waals surface area contributed by atoms with Crippen molar-refractivity contribution in [3.8, 4) is 6.07 Å². The quantitative estimate of drug-likeness (QED) is 0.932. The Morgan fingerprint density at radius 3 is 2.38 bits per heavy atom. The smallest absolute Gasteiger partial charge is 0.335 e. The Kier molecular flexibility index (Phi) is 3.95. The van der Waals surface area contributed by atoms with E-state index in [-0.39, 0.29) is 5.56 Å². The van der Waals surface area contributed by atoms with Crippen molar-refractivity contribution >= 4 is 17.3 Å². The Labute approximate surface area is 123 Å². The van der Waals surface area contributed by atoms with E-state index in [0.717, 1.165) is 11.3 Å². The van der Waals surface area contributed by atoms with Crippen LogP contribution in [-0.4, -0.2) is 18.1 Å². The fourth-order valence-electron chi connectivity index (χ4n) is 2.36. The van der Waals surface area contributed by atoms with Crippen LogP contribution in [0, 0.1) is 25.2 Å². The molecule has 0 spiro atoms. The molecule has 0 aromatic heterocycles. The minimum absolute atomic E-state index is 0.115. The fourth-order valence-corrected chi connectivity index (χ4v) is 2.36. The number of nitrogens with zero attached hydrogens (tertiary/aromatic N) is 2. The molecule has 2 aromatic rings. The van der Waals surface area contributed by atoms with Crippen LogP contribution in [0.2, 0.25) is 0 Å². The van der Waals surface area contributed by atoms with Gasteiger partial charge in [-0.3, -0.25) is 0 Å². The molecular formula is C17H16N2O2. The van der Waals surface area contributed by atoms with Crippen molar-refractivity contribution in [3.63, 3.8) is 0 Å². The van der Waals surface area contributed by atoms with Gasteiger partial charge in [0.1, 0.15) is 6.07 Å². The minimum Gasteiger partial charge on any atom is -0.478 e. The van der Waals surface area contributed by atoms with Gasteiger partial charge in [0.2, 0.25) is 0 Å². The third-order valence-electron chi connectivity index (χ3n) is 3.44. The van der Waals surface area contributed by atoms with Gasteiger partial charge in [-0.1, -0.05) is 17.7 Å². The van der Waals surface area contributed by atoms with Gasteiger partial charge >= 0.3 is 5.97 Å². The first-order valence-electron chi connectivity index (χ1n) is 6.52. The van der Waals surface area contributed by atoms with Crippen molar-refractivity contribution in [1.82, 2.24) is 0 Å². The van der Waals surface area contributed by atoms with Gasteiger partial charge in [-0.15, -0.1) is 0 Å². The summed E-state index contributed by atoms with van der Waals surface area (Å²) < 4.78 is 0. The number of anilines is 2. The molecule has 106 valence electrons. The summed E-state index contributed by atoms with van der Waals surface area (Å²) in [6, 6.07) is 12.7. The molecule has 0 radical (unpaired) electrons. The van der Waals surface area contributed by atoms with Crippen LogP contribution >= 0.6 is 0 Å². The predicted octanol–water partition coefficient (Wildman–Crippen LogP) is 3.64. The predicted molar refractivity (Wildman–Crippen MR) is 82.1 cm³/mol. The molecule has 21 heavy (non-hydrogen) atoms. The number of aryl methyl sites for hydroxylation is 2. The lowest BCUT2D eigenvalue weighted by molar-refractivity contribution is 0.0697. The molecular weight excluding hydrogens is 264 g/mol. The Hall–Kier alpha value is -2.80. The maximum Gasteiger partial charge on any atom is 0.335 e. The summed E-state index contributed by atoms with van der Waals surface area (Å²) in [6.45, 7) is 4.04. The third kappa shape index (κ3) is 2.87. The zero-order valence-electron chi connectivity index (χ0n) is 12.2. The molecule has 4 heteroatoms. The maximum atomic E-state index is 11.0. The molecule has 2 aromatic carbocycles. The van der Waals surface area contributed by atoms with Crippen LogP contribution in [0.15, 0.2) is 36.4 Å². The third-order valence-corrected chi connectivity index (χ3v) is 3.44. The van der Waals surface area contributed by atoms with Crippen LogP contribution in [0.25, 0.3) is 0 Å². The molecule has 0 amide bonds. The van der Waals surface area contributed by atoms with Gasteiger partial charge in [0.25, 0.3) is 0 Å². The molecule has 0 aliphatic carbocycles. The molecule has 0 saturated carbocycles. The van der Waals surface area contributed by atoms with Gasteiger partial charge in [-0.05, 0) is 43.7 Å². The number of carbonyl (C=O) groups is 1. The molecule has 0 saturated heterocycles. The lowest BCUT2D eigenvalue weighted by Crippen LogP contribution is -2.13. The molecule has 0 aliphatic heterocycles. The molecule has 0 unspecified atom stereocenters. The van der Waals surface area contributed by atoms with Crippen LogP contribution in [0.1, 0.15) is 27.0 Å². The Morgan fingerprint density at radius 2 is 1.81 bits per heavy atom. The second-order valence-electron chi connectivity index (χ2n) is 5.00. The molecule has 0 fully saturated rings. The lowest BCUT2D eigenvalue weighted by atomic mass is 10.1. The number of carboxylic acid groups (broad SMARTS) is 1. The number of benzene rings is 2. The van der Waals surface area contributed by atoms with Gasteiger partial charge in [0, 0.05) is 12.7 Å². The van der Waals surface area contributed by atoms with E-state index in [1.54, 1.807) is 6.07 Å². The Morgan fingerprint density at radius 1 is 1.14 bits per heavy atom. The first kappa shape index (κ1) is 14.6. The van der Waals surface area contributed by atoms with Gasteiger partial charge in [0.15, 0.2) is 0 Å². The zero-order chi connectivity index (χ0) is 15.6. The van der Waals surface area contributed by atoms with Gasteiger partial charge in [-0.2, -0.15) is 5.26 Å². The number of aromatic carboxylic acids is 1. The number of rotatable bonds is 3. The van der Waals surface area contributed by atoms with Gasteiger partial charge in [0.05, 0.1) is 16.8 Å². The summed E-state index contributed by atoms with van der Waals surface area (Å²) >= 11 is 0. The van der Waals surface area contributed by atoms with E-state index in [0.29, 0.717) is 11.3 Å². The van der Waals surface area contributed by atoms with Crippen LogP contribution in [0.5, 0.6) is 0 Å². The van der Waals surface area contributed by atoms with Crippen molar-refractivity contribution in [1.29, 1.82) is 5.26 Å². The highest BCUT2D eigenvalue weighted by molar-refractivity contribution is 5.89. The molecule has 1 N–H and O–H groups in total. The van der Waals surface area contributed by atoms with Crippen molar-refractivity contribution in [2.45, 2.75) is 13.8 Å². The number of nitriles is 1. The van der Waals surface area contributed by atoms with Crippen LogP contribution in [0.3, 0.4) is 0 Å². The van der Waals surface area contributed by atoms with Crippen molar-refractivity contribution in [3.05, 3.63) is 58.7 Å². The Balaban J connectivity index is 2.50. The second-order valence-corrected chi connectivity index (χ2v) is 5.00. The maximum absolute atomic E-state index is 11.0. The highest BCUT2D eigenvalue weighted by Gasteiger charge is 2.14. The summed E-state index contributed by atoms with van der Waals surface area (Å²) in [4.78, 5) is 12.9. The van der Waals surface area contributed by atoms with E-state index in [9.17, 15) is 10.1 Å². The molecule has 0 atom stereocenters. The average Bonchev–Trinajstić information content (AvgIpc) is 2.45. The molecule has 0 aliphatic rings. The molecule has 0 bridgehead atoms. The van der Waals surface area contributed by atoms with Gasteiger partial charge < -0.3 is 10.0 Å². The van der Waals surface area contributed by atoms with E-state index >= 15 is 0 Å². The summed E-state index contributed by atoms with van der Waals surface area (Å²) in [5, 5.41) is 18.3. The van der Waals surface area contributed by atoms with Crippen molar-refractivity contribution in [2.75, 3.05) is 11.9 Å². The lowest BCUT2D eigenvalue weighted by Gasteiger charge is -2.23. The van der Waals surface area contributed by atoms with E-state index in [2.05, 4.69) is 12.1 Å². The molecule has 4 nitrogen and oxygen atoms in total. The topological polar surface area (TPSA) is 64.3 Å². The van der Waals surface area contributed by atoms with E-state index < -0.39 is 5.97 Å². The second kappa shape index (κ2) is 5.68. The monoisotopic (exact) mass is 280 g/mol. The molecule has 0 heterocycles. The van der Waals surface area contributed by atoms with E-state index in [4.69, 9.17) is 5.11 Å². The Bertz CT molecular complexity index is 745. The van der Waals surface area contributed by atoms with E-state index in [1.807, 2.05) is 37.9 Å². The first-order valence-corrected chi connectivity index (χ1v) is 6.52. The number of hydrogen-bond donors (Lipinski definition) is 1. The standard InChI is InChI=1S/C17H16N2O2/c1-11-4-6-15(12(2)8-11)19(3)16-7-5-13(17(20)21)9-14(16)10-18/h4-9H,1-3H3,(H,20,21). The summed E-state index contributed by atoms with van der Waals surface area (Å²) in [5.41, 5.74) is 4.41. The number of carboxylic acids is 1. The molecule has 2 rings (SSSR count). The first-order chi connectivity index (χ1) is 9.93.